The van der Waals surface area contributed by atoms with Gasteiger partial charge in [0.2, 0.25) is 5.91 Å². The van der Waals surface area contributed by atoms with Gasteiger partial charge in [0.1, 0.15) is 5.82 Å². The second-order valence-electron chi connectivity index (χ2n) is 5.61. The molecule has 1 amide bonds. The number of thioether (sulfide) groups is 1. The Labute approximate surface area is 146 Å². The Morgan fingerprint density at radius 1 is 1.33 bits per heavy atom. The summed E-state index contributed by atoms with van der Waals surface area (Å²) >= 11 is 7.66. The summed E-state index contributed by atoms with van der Waals surface area (Å²) in [5.41, 5.74) is -0.866. The van der Waals surface area contributed by atoms with Gasteiger partial charge in [-0.2, -0.15) is 13.2 Å². The largest absolute Gasteiger partial charge is 0.417 e. The van der Waals surface area contributed by atoms with Crippen molar-refractivity contribution in [2.24, 2.45) is 0 Å². The summed E-state index contributed by atoms with van der Waals surface area (Å²) in [6.45, 7) is 1.98. The van der Waals surface area contributed by atoms with Crippen LogP contribution in [0.4, 0.5) is 19.0 Å². The Morgan fingerprint density at radius 2 is 2.04 bits per heavy atom. The third kappa shape index (κ3) is 3.73. The van der Waals surface area contributed by atoms with E-state index in [1.165, 1.54) is 0 Å². The number of nitrogens with zero attached hydrogens (tertiary/aromatic N) is 3. The summed E-state index contributed by atoms with van der Waals surface area (Å²) in [5, 5.41) is 3.11. The number of carbonyl (C=O) groups is 1. The number of aromatic nitrogens is 1. The molecule has 0 bridgehead atoms. The molecule has 3 rings (SSSR count). The SMILES string of the molecule is O=C([C@H]1CSCN1)N1CCN(c2ncc(C(F)(F)F)cc2Cl)CC1. The van der Waals surface area contributed by atoms with E-state index in [9.17, 15) is 18.0 Å². The molecule has 1 N–H and O–H groups in total. The van der Waals surface area contributed by atoms with Crippen molar-refractivity contribution >= 4 is 35.1 Å². The first-order valence-corrected chi connectivity index (χ1v) is 8.97. The number of rotatable bonds is 2. The minimum atomic E-state index is -4.47. The number of pyridine rings is 1. The van der Waals surface area contributed by atoms with E-state index in [1.807, 2.05) is 4.90 Å². The third-order valence-electron chi connectivity index (χ3n) is 4.05. The van der Waals surface area contributed by atoms with Crippen molar-refractivity contribution in [2.75, 3.05) is 42.7 Å². The van der Waals surface area contributed by atoms with E-state index in [0.717, 1.165) is 23.9 Å². The summed E-state index contributed by atoms with van der Waals surface area (Å²) in [4.78, 5) is 19.8. The van der Waals surface area contributed by atoms with Crippen LogP contribution < -0.4 is 10.2 Å². The maximum absolute atomic E-state index is 12.7. The molecule has 0 aliphatic carbocycles. The fourth-order valence-corrected chi connectivity index (χ4v) is 3.95. The van der Waals surface area contributed by atoms with Gasteiger partial charge < -0.3 is 9.80 Å². The Bertz CT molecular complexity index is 617. The monoisotopic (exact) mass is 380 g/mol. The van der Waals surface area contributed by atoms with E-state index in [2.05, 4.69) is 10.3 Å². The first-order chi connectivity index (χ1) is 11.4. The maximum atomic E-state index is 12.7. The average Bonchev–Trinajstić information content (AvgIpc) is 3.08. The Kier molecular flexibility index (Phi) is 5.12. The first-order valence-electron chi connectivity index (χ1n) is 7.44. The number of anilines is 1. The molecule has 10 heteroatoms. The van der Waals surface area contributed by atoms with Gasteiger partial charge in [-0.25, -0.2) is 4.98 Å². The van der Waals surface area contributed by atoms with E-state index in [-0.39, 0.29) is 17.0 Å². The summed E-state index contributed by atoms with van der Waals surface area (Å²) < 4.78 is 38.0. The lowest BCUT2D eigenvalue weighted by molar-refractivity contribution is -0.138. The van der Waals surface area contributed by atoms with Crippen LogP contribution in [0.5, 0.6) is 0 Å². The second-order valence-corrected chi connectivity index (χ2v) is 7.05. The van der Waals surface area contributed by atoms with E-state index in [1.54, 1.807) is 16.7 Å². The summed E-state index contributed by atoms with van der Waals surface area (Å²) in [6, 6.07) is 0.746. The number of alkyl halides is 3. The molecule has 2 aliphatic rings. The van der Waals surface area contributed by atoms with E-state index in [0.29, 0.717) is 32.0 Å². The average molecular weight is 381 g/mol. The predicted octanol–water partition coefficient (Wildman–Crippen LogP) is 2.06. The minimum absolute atomic E-state index is 0.0292. The molecule has 2 fully saturated rings. The van der Waals surface area contributed by atoms with E-state index in [4.69, 9.17) is 11.6 Å². The second kappa shape index (κ2) is 6.97. The number of hydrogen-bond acceptors (Lipinski definition) is 5. The molecular weight excluding hydrogens is 365 g/mol. The standard InChI is InChI=1S/C14H16ClF3N4OS/c15-10-5-9(14(16,17)18)6-19-12(10)21-1-3-22(4-2-21)13(23)11-7-24-8-20-11/h5-6,11,20H,1-4,7-8H2/t11-/m1/s1. The molecule has 2 saturated heterocycles. The van der Waals surface area contributed by atoms with Gasteiger partial charge in [0, 0.05) is 44.0 Å². The van der Waals surface area contributed by atoms with E-state index < -0.39 is 11.7 Å². The zero-order chi connectivity index (χ0) is 17.3. The number of halogens is 4. The molecule has 1 atom stereocenters. The van der Waals surface area contributed by atoms with Crippen LogP contribution in [0.2, 0.25) is 5.02 Å². The van der Waals surface area contributed by atoms with Crippen LogP contribution in [0, 0.1) is 0 Å². The zero-order valence-electron chi connectivity index (χ0n) is 12.6. The molecular formula is C14H16ClF3N4OS. The van der Waals surface area contributed by atoms with Crippen LogP contribution >= 0.6 is 23.4 Å². The molecule has 0 saturated carbocycles. The molecule has 132 valence electrons. The topological polar surface area (TPSA) is 48.5 Å². The van der Waals surface area contributed by atoms with Gasteiger partial charge in [-0.1, -0.05) is 11.6 Å². The normalized spacial score (nSPS) is 22.1. The molecule has 0 unspecified atom stereocenters. The van der Waals surface area contributed by atoms with Crippen LogP contribution in [0.25, 0.3) is 0 Å². The van der Waals surface area contributed by atoms with Gasteiger partial charge in [0.25, 0.3) is 0 Å². The van der Waals surface area contributed by atoms with Crippen molar-refractivity contribution in [1.82, 2.24) is 15.2 Å². The molecule has 1 aromatic heterocycles. The number of nitrogens with one attached hydrogen (secondary N) is 1. The highest BCUT2D eigenvalue weighted by Crippen LogP contribution is 2.33. The quantitative estimate of drug-likeness (QED) is 0.851. The fourth-order valence-electron chi connectivity index (χ4n) is 2.73. The molecule has 0 spiro atoms. The number of piperazine rings is 1. The van der Waals surface area contributed by atoms with Crippen molar-refractivity contribution in [2.45, 2.75) is 12.2 Å². The lowest BCUT2D eigenvalue weighted by atomic mass is 10.2. The van der Waals surface area contributed by atoms with Crippen molar-refractivity contribution in [3.8, 4) is 0 Å². The van der Waals surface area contributed by atoms with Gasteiger partial charge in [-0.05, 0) is 6.07 Å². The highest BCUT2D eigenvalue weighted by molar-refractivity contribution is 7.99. The highest BCUT2D eigenvalue weighted by atomic mass is 35.5. The van der Waals surface area contributed by atoms with Crippen LogP contribution in [0.1, 0.15) is 5.56 Å². The first kappa shape index (κ1) is 17.6. The number of hydrogen-bond donors (Lipinski definition) is 1. The predicted molar refractivity (Wildman–Crippen MR) is 87.3 cm³/mol. The number of carbonyl (C=O) groups excluding carboxylic acids is 1. The lowest BCUT2D eigenvalue weighted by Gasteiger charge is -2.36. The van der Waals surface area contributed by atoms with Crippen LogP contribution in [0.3, 0.4) is 0 Å². The van der Waals surface area contributed by atoms with Gasteiger partial charge in [-0.15, -0.1) is 11.8 Å². The van der Waals surface area contributed by atoms with Crippen LogP contribution in [0.15, 0.2) is 12.3 Å². The van der Waals surface area contributed by atoms with Gasteiger partial charge in [-0.3, -0.25) is 10.1 Å². The molecule has 2 aliphatic heterocycles. The summed E-state index contributed by atoms with van der Waals surface area (Å²) in [6.07, 6.45) is -3.68. The molecule has 5 nitrogen and oxygen atoms in total. The van der Waals surface area contributed by atoms with Gasteiger partial charge >= 0.3 is 6.18 Å². The lowest BCUT2D eigenvalue weighted by Crippen LogP contribution is -2.53. The zero-order valence-corrected chi connectivity index (χ0v) is 14.2. The van der Waals surface area contributed by atoms with Crippen LogP contribution in [-0.4, -0.2) is 59.6 Å². The van der Waals surface area contributed by atoms with Crippen molar-refractivity contribution in [1.29, 1.82) is 0 Å². The summed E-state index contributed by atoms with van der Waals surface area (Å²) in [7, 11) is 0. The molecule has 0 radical (unpaired) electrons. The molecule has 3 heterocycles. The highest BCUT2D eigenvalue weighted by Gasteiger charge is 2.33. The van der Waals surface area contributed by atoms with Gasteiger partial charge in [0.15, 0.2) is 0 Å². The van der Waals surface area contributed by atoms with Crippen molar-refractivity contribution < 1.29 is 18.0 Å². The number of amides is 1. The van der Waals surface area contributed by atoms with Crippen molar-refractivity contribution in [3.05, 3.63) is 22.8 Å². The van der Waals surface area contributed by atoms with Crippen LogP contribution in [-0.2, 0) is 11.0 Å². The molecule has 1 aromatic rings. The fraction of sp³-hybridized carbons (Fsp3) is 0.571. The smallest absolute Gasteiger partial charge is 0.352 e. The summed E-state index contributed by atoms with van der Waals surface area (Å²) in [5.74, 6) is 1.95. The van der Waals surface area contributed by atoms with Gasteiger partial charge in [0.05, 0.1) is 16.6 Å². The minimum Gasteiger partial charge on any atom is -0.352 e. The molecule has 24 heavy (non-hydrogen) atoms. The third-order valence-corrected chi connectivity index (χ3v) is 5.27. The maximum Gasteiger partial charge on any atom is 0.417 e. The van der Waals surface area contributed by atoms with Crippen molar-refractivity contribution in [3.63, 3.8) is 0 Å². The Hall–Kier alpha value is -1.19. The van der Waals surface area contributed by atoms with E-state index >= 15 is 0 Å². The molecule has 0 aromatic carbocycles. The Morgan fingerprint density at radius 3 is 2.58 bits per heavy atom. The Balaban J connectivity index is 1.63.